The second-order valence-electron chi connectivity index (χ2n) is 2.60. The highest BCUT2D eigenvalue weighted by atomic mass is 28.2. The standard InChI is InChI=1S/C6H12O2Si/c1-5-9-8-7-6(2,3)4/h5H,1H2,2-4H3. The van der Waals surface area contributed by atoms with Gasteiger partial charge in [-0.1, -0.05) is 5.70 Å². The molecule has 2 radical (unpaired) electrons. The molecule has 0 aromatic carbocycles. The van der Waals surface area contributed by atoms with Crippen LogP contribution in [0.5, 0.6) is 0 Å². The SMILES string of the molecule is C=C[Si]OOC(C)(C)C. The number of hydrogen-bond acceptors (Lipinski definition) is 2. The molecule has 0 aromatic heterocycles. The molecule has 3 heteroatoms. The first-order valence-electron chi connectivity index (χ1n) is 2.77. The van der Waals surface area contributed by atoms with Gasteiger partial charge in [0.05, 0.1) is 5.60 Å². The van der Waals surface area contributed by atoms with Crippen LogP contribution in [0.25, 0.3) is 0 Å². The van der Waals surface area contributed by atoms with E-state index >= 15 is 0 Å². The third-order valence-electron chi connectivity index (χ3n) is 0.423. The highest BCUT2D eigenvalue weighted by Gasteiger charge is 2.10. The fourth-order valence-electron chi connectivity index (χ4n) is 0.183. The van der Waals surface area contributed by atoms with Gasteiger partial charge in [-0.2, -0.15) is 0 Å². The van der Waals surface area contributed by atoms with Crippen LogP contribution in [0.2, 0.25) is 0 Å². The fraction of sp³-hybridized carbons (Fsp3) is 0.667. The molecule has 0 aliphatic heterocycles. The van der Waals surface area contributed by atoms with E-state index in [-0.39, 0.29) is 15.4 Å². The summed E-state index contributed by atoms with van der Waals surface area (Å²) in [6.45, 7) is 9.28. The summed E-state index contributed by atoms with van der Waals surface area (Å²) < 4.78 is 4.76. The van der Waals surface area contributed by atoms with Crippen molar-refractivity contribution in [3.05, 3.63) is 12.3 Å². The van der Waals surface area contributed by atoms with Gasteiger partial charge in [-0.25, -0.2) is 4.89 Å². The molecule has 0 heterocycles. The lowest BCUT2D eigenvalue weighted by molar-refractivity contribution is -0.275. The van der Waals surface area contributed by atoms with Gasteiger partial charge >= 0.3 is 9.76 Å². The molecule has 0 N–H and O–H groups in total. The summed E-state index contributed by atoms with van der Waals surface area (Å²) in [4.78, 5) is 4.91. The molecule has 0 saturated carbocycles. The van der Waals surface area contributed by atoms with Crippen LogP contribution in [0.3, 0.4) is 0 Å². The second-order valence-corrected chi connectivity index (χ2v) is 3.41. The van der Waals surface area contributed by atoms with E-state index in [4.69, 9.17) is 9.46 Å². The number of hydrogen-bond donors (Lipinski definition) is 0. The molecule has 0 fully saturated rings. The van der Waals surface area contributed by atoms with Crippen molar-refractivity contribution in [1.29, 1.82) is 0 Å². The molecule has 0 aliphatic rings. The van der Waals surface area contributed by atoms with Gasteiger partial charge < -0.3 is 0 Å². The van der Waals surface area contributed by atoms with Crippen LogP contribution in [0, 0.1) is 0 Å². The Balaban J connectivity index is 3.17. The molecular weight excluding hydrogens is 132 g/mol. The van der Waals surface area contributed by atoms with Gasteiger partial charge in [0.1, 0.15) is 0 Å². The van der Waals surface area contributed by atoms with E-state index in [1.807, 2.05) is 20.8 Å². The van der Waals surface area contributed by atoms with Crippen molar-refractivity contribution < 1.29 is 9.46 Å². The zero-order chi connectivity index (χ0) is 7.33. The maximum atomic E-state index is 4.91. The Morgan fingerprint density at radius 1 is 1.44 bits per heavy atom. The van der Waals surface area contributed by atoms with E-state index in [9.17, 15) is 0 Å². The van der Waals surface area contributed by atoms with Gasteiger partial charge in [-0.05, 0) is 20.8 Å². The van der Waals surface area contributed by atoms with Crippen molar-refractivity contribution in [2.75, 3.05) is 0 Å². The van der Waals surface area contributed by atoms with E-state index in [1.54, 1.807) is 5.70 Å². The summed E-state index contributed by atoms with van der Waals surface area (Å²) in [5.41, 5.74) is 1.46. The third kappa shape index (κ3) is 7.88. The van der Waals surface area contributed by atoms with Gasteiger partial charge in [0.25, 0.3) is 0 Å². The lowest BCUT2D eigenvalue weighted by Gasteiger charge is -2.16. The Labute approximate surface area is 58.7 Å². The van der Waals surface area contributed by atoms with Gasteiger partial charge in [-0.3, -0.25) is 4.58 Å². The normalized spacial score (nSPS) is 11.4. The second kappa shape index (κ2) is 3.82. The van der Waals surface area contributed by atoms with Crippen molar-refractivity contribution in [2.45, 2.75) is 26.4 Å². The van der Waals surface area contributed by atoms with Crippen molar-refractivity contribution >= 4 is 9.76 Å². The maximum absolute atomic E-state index is 4.91. The minimum atomic E-state index is -0.212. The van der Waals surface area contributed by atoms with Crippen LogP contribution < -0.4 is 0 Å². The van der Waals surface area contributed by atoms with Crippen molar-refractivity contribution in [1.82, 2.24) is 0 Å². The highest BCUT2D eigenvalue weighted by Crippen LogP contribution is 2.05. The van der Waals surface area contributed by atoms with E-state index in [0.717, 1.165) is 0 Å². The first-order chi connectivity index (χ1) is 4.06. The predicted molar refractivity (Wildman–Crippen MR) is 37.9 cm³/mol. The van der Waals surface area contributed by atoms with E-state index in [2.05, 4.69) is 6.58 Å². The number of rotatable bonds is 3. The summed E-state index contributed by atoms with van der Waals surface area (Å²) in [5, 5.41) is 0. The van der Waals surface area contributed by atoms with Crippen LogP contribution >= 0.6 is 0 Å². The first kappa shape index (κ1) is 8.88. The molecule has 0 aliphatic carbocycles. The largest absolute Gasteiger partial charge is 0.313 e. The Morgan fingerprint density at radius 2 is 2.00 bits per heavy atom. The Morgan fingerprint density at radius 3 is 2.33 bits per heavy atom. The summed E-state index contributed by atoms with van der Waals surface area (Å²) >= 11 is 0. The van der Waals surface area contributed by atoms with Crippen LogP contribution in [0.4, 0.5) is 0 Å². The molecule has 0 saturated heterocycles. The molecule has 0 aromatic rings. The monoisotopic (exact) mass is 144 g/mol. The molecule has 0 rings (SSSR count). The quantitative estimate of drug-likeness (QED) is 0.259. The van der Waals surface area contributed by atoms with Gasteiger partial charge in [0.15, 0.2) is 0 Å². The molecule has 0 spiro atoms. The fourth-order valence-corrected chi connectivity index (χ4v) is 0.549. The molecule has 0 unspecified atom stereocenters. The Hall–Kier alpha value is -0.123. The molecule has 9 heavy (non-hydrogen) atoms. The third-order valence-corrected chi connectivity index (χ3v) is 0.769. The van der Waals surface area contributed by atoms with Gasteiger partial charge in [-0.15, -0.1) is 6.58 Å². The summed E-state index contributed by atoms with van der Waals surface area (Å²) in [5.74, 6) is 0. The van der Waals surface area contributed by atoms with Crippen molar-refractivity contribution in [3.63, 3.8) is 0 Å². The smallest absolute Gasteiger partial charge is 0.281 e. The lowest BCUT2D eigenvalue weighted by Crippen LogP contribution is -2.20. The molecular formula is C6H12O2Si. The topological polar surface area (TPSA) is 18.5 Å². The zero-order valence-electron chi connectivity index (χ0n) is 6.10. The van der Waals surface area contributed by atoms with Crippen LogP contribution in [0.1, 0.15) is 20.8 Å². The molecule has 2 nitrogen and oxygen atoms in total. The van der Waals surface area contributed by atoms with Gasteiger partial charge in [0.2, 0.25) is 0 Å². The lowest BCUT2D eigenvalue weighted by atomic mass is 10.2. The average Bonchev–Trinajstić information content (AvgIpc) is 1.63. The van der Waals surface area contributed by atoms with Crippen molar-refractivity contribution in [2.24, 2.45) is 0 Å². The van der Waals surface area contributed by atoms with Crippen molar-refractivity contribution in [3.8, 4) is 0 Å². The predicted octanol–water partition coefficient (Wildman–Crippen LogP) is 1.50. The van der Waals surface area contributed by atoms with E-state index in [1.165, 1.54) is 0 Å². The Bertz CT molecular complexity index is 85.5. The molecule has 0 amide bonds. The molecule has 0 atom stereocenters. The van der Waals surface area contributed by atoms with Crippen LogP contribution in [-0.2, 0) is 9.46 Å². The van der Waals surface area contributed by atoms with Crippen LogP contribution in [-0.4, -0.2) is 15.4 Å². The highest BCUT2D eigenvalue weighted by molar-refractivity contribution is 6.33. The minimum Gasteiger partial charge on any atom is -0.281 e. The van der Waals surface area contributed by atoms with Crippen LogP contribution in [0.15, 0.2) is 12.3 Å². The zero-order valence-corrected chi connectivity index (χ0v) is 7.10. The Kier molecular flexibility index (Phi) is 3.77. The van der Waals surface area contributed by atoms with Gasteiger partial charge in [0, 0.05) is 0 Å². The van der Waals surface area contributed by atoms with E-state index < -0.39 is 0 Å². The summed E-state index contributed by atoms with van der Waals surface area (Å²) in [6.07, 6.45) is 0. The maximum Gasteiger partial charge on any atom is 0.313 e. The summed E-state index contributed by atoms with van der Waals surface area (Å²) in [6, 6.07) is 0. The molecule has 0 bridgehead atoms. The van der Waals surface area contributed by atoms with E-state index in [0.29, 0.717) is 0 Å². The first-order valence-corrected chi connectivity index (χ1v) is 3.76. The average molecular weight is 144 g/mol. The molecule has 52 valence electrons. The summed E-state index contributed by atoms with van der Waals surface area (Å²) in [7, 11) is 0.230. The minimum absolute atomic E-state index is 0.212.